The zero-order valence-corrected chi connectivity index (χ0v) is 15.8. The maximum atomic E-state index is 11.7. The minimum absolute atomic E-state index is 0.226. The fourth-order valence-electron chi connectivity index (χ4n) is 2.93. The van der Waals surface area contributed by atoms with Crippen molar-refractivity contribution in [3.63, 3.8) is 0 Å². The minimum Gasteiger partial charge on any atom is -0.480 e. The summed E-state index contributed by atoms with van der Waals surface area (Å²) in [5, 5.41) is 14.0. The summed E-state index contributed by atoms with van der Waals surface area (Å²) in [4.78, 5) is 11.8. The highest BCUT2D eigenvalue weighted by atomic mass is 32.2. The molecular formula is C20H20N2O4S. The number of aliphatic carboxylic acids is 1. The van der Waals surface area contributed by atoms with Gasteiger partial charge in [-0.3, -0.25) is 4.68 Å². The van der Waals surface area contributed by atoms with Gasteiger partial charge < -0.3 is 5.11 Å². The first-order valence-corrected chi connectivity index (χ1v) is 10.4. The number of carbonyl (C=O) groups is 1. The topological polar surface area (TPSA) is 89.3 Å². The third-order valence-electron chi connectivity index (χ3n) is 4.36. The van der Waals surface area contributed by atoms with Gasteiger partial charge in [0.05, 0.1) is 4.90 Å². The predicted molar refractivity (Wildman–Crippen MR) is 103 cm³/mol. The van der Waals surface area contributed by atoms with Crippen molar-refractivity contribution in [1.82, 2.24) is 9.78 Å². The second-order valence-corrected chi connectivity index (χ2v) is 8.31. The third-order valence-corrected chi connectivity index (χ3v) is 5.49. The lowest BCUT2D eigenvalue weighted by Crippen LogP contribution is -2.18. The standard InChI is InChI=1S/C20H20N2O4S/c1-3-18(20(23)24)22-13-17(14-7-5-4-6-8-14)19(21-22)15-9-11-16(12-10-15)27(2,25)26/h4-13,18H,3H2,1-2H3,(H,23,24). The normalized spacial score (nSPS) is 12.7. The summed E-state index contributed by atoms with van der Waals surface area (Å²) in [7, 11) is -3.29. The molecule has 0 fully saturated rings. The van der Waals surface area contributed by atoms with E-state index in [-0.39, 0.29) is 4.90 Å². The van der Waals surface area contributed by atoms with Crippen LogP contribution < -0.4 is 0 Å². The molecule has 140 valence electrons. The van der Waals surface area contributed by atoms with Crippen molar-refractivity contribution in [3.05, 3.63) is 60.8 Å². The van der Waals surface area contributed by atoms with Crippen LogP contribution >= 0.6 is 0 Å². The summed E-state index contributed by atoms with van der Waals surface area (Å²) in [6.45, 7) is 1.79. The Morgan fingerprint density at radius 1 is 1.07 bits per heavy atom. The van der Waals surface area contributed by atoms with E-state index in [1.807, 2.05) is 30.3 Å². The summed E-state index contributed by atoms with van der Waals surface area (Å²) in [5.41, 5.74) is 3.04. The van der Waals surface area contributed by atoms with Gasteiger partial charge in [0.2, 0.25) is 0 Å². The summed E-state index contributed by atoms with van der Waals surface area (Å²) in [6, 6.07) is 15.2. The molecule has 1 heterocycles. The zero-order chi connectivity index (χ0) is 19.6. The molecule has 0 aliphatic carbocycles. The molecule has 0 saturated heterocycles. The predicted octanol–water partition coefficient (Wildman–Crippen LogP) is 3.66. The van der Waals surface area contributed by atoms with Crippen LogP contribution in [0.15, 0.2) is 65.7 Å². The van der Waals surface area contributed by atoms with Crippen molar-refractivity contribution in [3.8, 4) is 22.4 Å². The molecule has 0 spiro atoms. The molecule has 7 heteroatoms. The Hall–Kier alpha value is -2.93. The Kier molecular flexibility index (Phi) is 5.14. The Morgan fingerprint density at radius 2 is 1.70 bits per heavy atom. The molecule has 0 amide bonds. The van der Waals surface area contributed by atoms with Crippen LogP contribution in [-0.2, 0) is 14.6 Å². The number of benzene rings is 2. The third kappa shape index (κ3) is 3.93. The van der Waals surface area contributed by atoms with Gasteiger partial charge in [-0.1, -0.05) is 49.4 Å². The van der Waals surface area contributed by atoms with Crippen LogP contribution in [0.2, 0.25) is 0 Å². The first-order chi connectivity index (χ1) is 12.8. The molecule has 1 unspecified atom stereocenters. The van der Waals surface area contributed by atoms with Gasteiger partial charge in [0.1, 0.15) is 11.7 Å². The van der Waals surface area contributed by atoms with E-state index >= 15 is 0 Å². The van der Waals surface area contributed by atoms with Crippen molar-refractivity contribution < 1.29 is 18.3 Å². The number of hydrogen-bond acceptors (Lipinski definition) is 4. The van der Waals surface area contributed by atoms with Crippen LogP contribution in [0.4, 0.5) is 0 Å². The molecule has 1 aromatic heterocycles. The smallest absolute Gasteiger partial charge is 0.328 e. The van der Waals surface area contributed by atoms with Crippen LogP contribution in [0, 0.1) is 0 Å². The lowest BCUT2D eigenvalue weighted by atomic mass is 10.0. The molecule has 0 radical (unpaired) electrons. The van der Waals surface area contributed by atoms with Gasteiger partial charge in [-0.05, 0) is 24.1 Å². The average molecular weight is 384 g/mol. The van der Waals surface area contributed by atoms with Crippen molar-refractivity contribution in [2.45, 2.75) is 24.3 Å². The quantitative estimate of drug-likeness (QED) is 0.701. The van der Waals surface area contributed by atoms with Gasteiger partial charge in [0.25, 0.3) is 0 Å². The molecule has 3 rings (SSSR count). The minimum atomic E-state index is -3.29. The van der Waals surface area contributed by atoms with Crippen LogP contribution in [0.5, 0.6) is 0 Å². The van der Waals surface area contributed by atoms with Gasteiger partial charge in [0.15, 0.2) is 9.84 Å². The van der Waals surface area contributed by atoms with Crippen LogP contribution in [0.1, 0.15) is 19.4 Å². The highest BCUT2D eigenvalue weighted by Gasteiger charge is 2.22. The summed E-state index contributed by atoms with van der Waals surface area (Å²) in [5.74, 6) is -0.946. The molecule has 3 aromatic rings. The molecule has 1 N–H and O–H groups in total. The van der Waals surface area contributed by atoms with Gasteiger partial charge in [-0.15, -0.1) is 0 Å². The van der Waals surface area contributed by atoms with Gasteiger partial charge in [0, 0.05) is 23.6 Å². The molecule has 0 bridgehead atoms. The highest BCUT2D eigenvalue weighted by molar-refractivity contribution is 7.90. The fourth-order valence-corrected chi connectivity index (χ4v) is 3.56. The van der Waals surface area contributed by atoms with Gasteiger partial charge in [-0.2, -0.15) is 5.10 Å². The van der Waals surface area contributed by atoms with Crippen molar-refractivity contribution in [2.75, 3.05) is 6.26 Å². The number of hydrogen-bond donors (Lipinski definition) is 1. The lowest BCUT2D eigenvalue weighted by Gasteiger charge is -2.09. The molecule has 6 nitrogen and oxygen atoms in total. The van der Waals surface area contributed by atoms with E-state index in [4.69, 9.17) is 0 Å². The SMILES string of the molecule is CCC(C(=O)O)n1cc(-c2ccccc2)c(-c2ccc(S(C)(=O)=O)cc2)n1. The molecule has 0 aliphatic rings. The van der Waals surface area contributed by atoms with E-state index in [1.165, 1.54) is 16.8 Å². The zero-order valence-electron chi connectivity index (χ0n) is 15.0. The second kappa shape index (κ2) is 7.36. The molecule has 0 aliphatic heterocycles. The summed E-state index contributed by atoms with van der Waals surface area (Å²) in [6.07, 6.45) is 3.29. The number of nitrogens with zero attached hydrogens (tertiary/aromatic N) is 2. The maximum absolute atomic E-state index is 11.7. The number of sulfone groups is 1. The second-order valence-electron chi connectivity index (χ2n) is 6.30. The number of carboxylic acids is 1. The van der Waals surface area contributed by atoms with Crippen molar-refractivity contribution in [1.29, 1.82) is 0 Å². The molecule has 2 aromatic carbocycles. The largest absolute Gasteiger partial charge is 0.480 e. The Balaban J connectivity index is 2.15. The van der Waals surface area contributed by atoms with Crippen LogP contribution in [0.25, 0.3) is 22.4 Å². The number of aromatic nitrogens is 2. The van der Waals surface area contributed by atoms with E-state index in [9.17, 15) is 18.3 Å². The maximum Gasteiger partial charge on any atom is 0.328 e. The first kappa shape index (κ1) is 18.8. The van der Waals surface area contributed by atoms with E-state index in [1.54, 1.807) is 25.3 Å². The van der Waals surface area contributed by atoms with Crippen molar-refractivity contribution in [2.24, 2.45) is 0 Å². The molecular weight excluding hydrogens is 364 g/mol. The van der Waals surface area contributed by atoms with Gasteiger partial charge in [-0.25, -0.2) is 13.2 Å². The average Bonchev–Trinajstić information content (AvgIpc) is 3.07. The summed E-state index contributed by atoms with van der Waals surface area (Å²) < 4.78 is 24.8. The molecule has 0 saturated carbocycles. The molecule has 27 heavy (non-hydrogen) atoms. The van der Waals surface area contributed by atoms with Gasteiger partial charge >= 0.3 is 5.97 Å². The Bertz CT molecular complexity index is 1060. The van der Waals surface area contributed by atoms with E-state index < -0.39 is 21.8 Å². The van der Waals surface area contributed by atoms with E-state index in [0.29, 0.717) is 12.1 Å². The number of carboxylic acid groups (broad SMARTS) is 1. The van der Waals surface area contributed by atoms with E-state index in [2.05, 4.69) is 5.10 Å². The van der Waals surface area contributed by atoms with Crippen molar-refractivity contribution >= 4 is 15.8 Å². The monoisotopic (exact) mass is 384 g/mol. The van der Waals surface area contributed by atoms with Crippen LogP contribution in [-0.4, -0.2) is 35.5 Å². The molecule has 1 atom stereocenters. The summed E-state index contributed by atoms with van der Waals surface area (Å²) >= 11 is 0. The number of rotatable bonds is 6. The van der Waals surface area contributed by atoms with E-state index in [0.717, 1.165) is 22.9 Å². The highest BCUT2D eigenvalue weighted by Crippen LogP contribution is 2.33. The Morgan fingerprint density at radius 3 is 2.22 bits per heavy atom. The lowest BCUT2D eigenvalue weighted by molar-refractivity contribution is -0.141. The first-order valence-electron chi connectivity index (χ1n) is 8.49. The van der Waals surface area contributed by atoms with Crippen LogP contribution in [0.3, 0.4) is 0 Å². The fraction of sp³-hybridized carbons (Fsp3) is 0.200. The Labute approximate surface area is 158 Å².